The molecule has 3 unspecified atom stereocenters. The van der Waals surface area contributed by atoms with Crippen LogP contribution in [0.4, 0.5) is 0 Å². The molecule has 1 aliphatic carbocycles. The maximum atomic E-state index is 9.36. The third-order valence-corrected chi connectivity index (χ3v) is 4.27. The van der Waals surface area contributed by atoms with Gasteiger partial charge in [-0.15, -0.1) is 0 Å². The van der Waals surface area contributed by atoms with Gasteiger partial charge < -0.3 is 15.2 Å². The summed E-state index contributed by atoms with van der Waals surface area (Å²) in [7, 11) is 0. The zero-order valence-corrected chi connectivity index (χ0v) is 11.6. The first-order chi connectivity index (χ1) is 8.85. The van der Waals surface area contributed by atoms with Crippen molar-refractivity contribution in [3.05, 3.63) is 0 Å². The maximum Gasteiger partial charge on any atom is 0.0730 e. The topological polar surface area (TPSA) is 44.7 Å². The molecule has 0 spiro atoms. The highest BCUT2D eigenvalue weighted by atomic mass is 16.5. The second kappa shape index (κ2) is 7.43. The summed E-state index contributed by atoms with van der Waals surface area (Å²) >= 11 is 0. The second-order valence-corrected chi connectivity index (χ2v) is 5.57. The van der Waals surface area contributed by atoms with Gasteiger partial charge in [0.1, 0.15) is 0 Å². The van der Waals surface area contributed by atoms with Gasteiger partial charge in [0, 0.05) is 25.2 Å². The Morgan fingerprint density at radius 1 is 1.44 bits per heavy atom. The van der Waals surface area contributed by atoms with Gasteiger partial charge in [-0.1, -0.05) is 6.92 Å². The van der Waals surface area contributed by atoms with Crippen LogP contribution in [0, 0.1) is 0 Å². The summed E-state index contributed by atoms with van der Waals surface area (Å²) in [6.45, 7) is 6.44. The molecule has 4 nitrogen and oxygen atoms in total. The van der Waals surface area contributed by atoms with E-state index in [0.29, 0.717) is 12.1 Å². The van der Waals surface area contributed by atoms with Crippen molar-refractivity contribution >= 4 is 0 Å². The summed E-state index contributed by atoms with van der Waals surface area (Å²) in [6.07, 6.45) is 6.48. The lowest BCUT2D eigenvalue weighted by Gasteiger charge is -2.38. The Labute approximate surface area is 111 Å². The molecule has 1 saturated carbocycles. The zero-order chi connectivity index (χ0) is 12.8. The van der Waals surface area contributed by atoms with E-state index < -0.39 is 0 Å². The number of rotatable bonds is 7. The molecular formula is C14H28N2O2. The molecule has 1 saturated heterocycles. The van der Waals surface area contributed by atoms with Gasteiger partial charge in [0.2, 0.25) is 0 Å². The Morgan fingerprint density at radius 3 is 3.11 bits per heavy atom. The highest BCUT2D eigenvalue weighted by Crippen LogP contribution is 2.29. The molecule has 2 rings (SSSR count). The third-order valence-electron chi connectivity index (χ3n) is 4.27. The molecule has 1 aliphatic heterocycles. The van der Waals surface area contributed by atoms with Gasteiger partial charge in [0.15, 0.2) is 0 Å². The minimum absolute atomic E-state index is 0.248. The summed E-state index contributed by atoms with van der Waals surface area (Å²) in [5.41, 5.74) is 0. The minimum atomic E-state index is 0.248. The normalized spacial score (nSPS) is 30.3. The van der Waals surface area contributed by atoms with Crippen LogP contribution in [0.3, 0.4) is 0 Å². The lowest BCUT2D eigenvalue weighted by molar-refractivity contribution is -0.0567. The molecule has 4 heteroatoms. The predicted molar refractivity (Wildman–Crippen MR) is 72.7 cm³/mol. The van der Waals surface area contributed by atoms with Crippen molar-refractivity contribution in [2.75, 3.05) is 32.8 Å². The lowest BCUT2D eigenvalue weighted by atomic mass is 10.1. The Morgan fingerprint density at radius 2 is 2.33 bits per heavy atom. The van der Waals surface area contributed by atoms with Crippen LogP contribution in [-0.4, -0.2) is 61.0 Å². The largest absolute Gasteiger partial charge is 0.395 e. The van der Waals surface area contributed by atoms with E-state index in [0.717, 1.165) is 39.1 Å². The quantitative estimate of drug-likeness (QED) is 0.713. The van der Waals surface area contributed by atoms with Crippen molar-refractivity contribution in [3.8, 4) is 0 Å². The van der Waals surface area contributed by atoms with Crippen molar-refractivity contribution in [1.29, 1.82) is 0 Å². The van der Waals surface area contributed by atoms with Gasteiger partial charge in [-0.25, -0.2) is 0 Å². The fourth-order valence-electron chi connectivity index (χ4n) is 3.21. The van der Waals surface area contributed by atoms with Crippen LogP contribution >= 0.6 is 0 Å². The first-order valence-corrected chi connectivity index (χ1v) is 7.55. The van der Waals surface area contributed by atoms with Crippen LogP contribution in [0.15, 0.2) is 0 Å². The Hall–Kier alpha value is -0.160. The highest BCUT2D eigenvalue weighted by Gasteiger charge is 2.35. The zero-order valence-electron chi connectivity index (χ0n) is 11.6. The SMILES string of the molecule is CCCNC(CO)CCN1CCOC2CCCC21. The van der Waals surface area contributed by atoms with E-state index in [4.69, 9.17) is 4.74 Å². The molecule has 2 N–H and O–H groups in total. The van der Waals surface area contributed by atoms with Crippen LogP contribution in [0.5, 0.6) is 0 Å². The molecule has 2 fully saturated rings. The first kappa shape index (κ1) is 14.3. The average Bonchev–Trinajstić information content (AvgIpc) is 2.88. The molecule has 3 atom stereocenters. The van der Waals surface area contributed by atoms with Crippen molar-refractivity contribution in [1.82, 2.24) is 10.2 Å². The van der Waals surface area contributed by atoms with Crippen molar-refractivity contribution < 1.29 is 9.84 Å². The van der Waals surface area contributed by atoms with Gasteiger partial charge in [0.25, 0.3) is 0 Å². The van der Waals surface area contributed by atoms with E-state index in [-0.39, 0.29) is 12.6 Å². The average molecular weight is 256 g/mol. The standard InChI is InChI=1S/C14H28N2O2/c1-2-7-15-12(11-17)6-8-16-9-10-18-14-5-3-4-13(14)16/h12-15,17H,2-11H2,1H3. The molecule has 0 aromatic carbocycles. The number of hydrogen-bond donors (Lipinski definition) is 2. The van der Waals surface area contributed by atoms with E-state index in [1.165, 1.54) is 19.3 Å². The highest BCUT2D eigenvalue weighted by molar-refractivity contribution is 4.89. The number of hydrogen-bond acceptors (Lipinski definition) is 4. The van der Waals surface area contributed by atoms with E-state index in [1.54, 1.807) is 0 Å². The van der Waals surface area contributed by atoms with Gasteiger partial charge in [0.05, 0.1) is 19.3 Å². The van der Waals surface area contributed by atoms with Crippen molar-refractivity contribution in [2.24, 2.45) is 0 Å². The Balaban J connectivity index is 1.74. The molecule has 0 radical (unpaired) electrons. The van der Waals surface area contributed by atoms with Gasteiger partial charge >= 0.3 is 0 Å². The molecule has 0 aromatic heterocycles. The van der Waals surface area contributed by atoms with E-state index >= 15 is 0 Å². The Kier molecular flexibility index (Phi) is 5.89. The summed E-state index contributed by atoms with van der Waals surface area (Å²) in [5, 5.41) is 12.8. The molecule has 106 valence electrons. The van der Waals surface area contributed by atoms with E-state index in [2.05, 4.69) is 17.1 Å². The fourth-order valence-corrected chi connectivity index (χ4v) is 3.21. The van der Waals surface area contributed by atoms with Crippen LogP contribution in [-0.2, 0) is 4.74 Å². The minimum Gasteiger partial charge on any atom is -0.395 e. The van der Waals surface area contributed by atoms with Gasteiger partial charge in [-0.05, 0) is 38.6 Å². The molecule has 2 aliphatic rings. The number of ether oxygens (including phenoxy) is 1. The summed E-state index contributed by atoms with van der Waals surface area (Å²) < 4.78 is 5.82. The van der Waals surface area contributed by atoms with Crippen LogP contribution in [0.25, 0.3) is 0 Å². The van der Waals surface area contributed by atoms with Crippen molar-refractivity contribution in [2.45, 2.75) is 57.2 Å². The number of fused-ring (bicyclic) bond motifs is 1. The molecule has 0 bridgehead atoms. The molecule has 0 aromatic rings. The van der Waals surface area contributed by atoms with E-state index in [9.17, 15) is 5.11 Å². The van der Waals surface area contributed by atoms with E-state index in [1.807, 2.05) is 0 Å². The molecule has 18 heavy (non-hydrogen) atoms. The van der Waals surface area contributed by atoms with Gasteiger partial charge in [-0.3, -0.25) is 4.90 Å². The van der Waals surface area contributed by atoms with Crippen molar-refractivity contribution in [3.63, 3.8) is 0 Å². The number of morpholine rings is 1. The third kappa shape index (κ3) is 3.67. The van der Waals surface area contributed by atoms with Crippen LogP contribution < -0.4 is 5.32 Å². The van der Waals surface area contributed by atoms with Crippen LogP contribution in [0.2, 0.25) is 0 Å². The fraction of sp³-hybridized carbons (Fsp3) is 1.00. The molecule has 1 heterocycles. The monoisotopic (exact) mass is 256 g/mol. The molecular weight excluding hydrogens is 228 g/mol. The predicted octanol–water partition coefficient (Wildman–Crippen LogP) is 0.990. The smallest absolute Gasteiger partial charge is 0.0730 e. The number of aliphatic hydroxyl groups excluding tert-OH is 1. The summed E-state index contributed by atoms with van der Waals surface area (Å²) in [4.78, 5) is 2.58. The van der Waals surface area contributed by atoms with Crippen LogP contribution in [0.1, 0.15) is 39.0 Å². The number of aliphatic hydroxyl groups is 1. The van der Waals surface area contributed by atoms with Gasteiger partial charge in [-0.2, -0.15) is 0 Å². The second-order valence-electron chi connectivity index (χ2n) is 5.57. The number of nitrogens with one attached hydrogen (secondary N) is 1. The lowest BCUT2D eigenvalue weighted by Crippen LogP contribution is -2.50. The summed E-state index contributed by atoms with van der Waals surface area (Å²) in [6, 6.07) is 0.900. The molecule has 0 amide bonds. The summed E-state index contributed by atoms with van der Waals surface area (Å²) in [5.74, 6) is 0. The first-order valence-electron chi connectivity index (χ1n) is 7.55. The maximum absolute atomic E-state index is 9.36. The Bertz CT molecular complexity index is 238. The number of nitrogens with zero attached hydrogens (tertiary/aromatic N) is 1.